The molecule has 6 heteroatoms. The van der Waals surface area contributed by atoms with Gasteiger partial charge in [-0.25, -0.2) is 4.98 Å². The summed E-state index contributed by atoms with van der Waals surface area (Å²) in [5.41, 5.74) is 3.23. The van der Waals surface area contributed by atoms with Crippen molar-refractivity contribution >= 4 is 33.8 Å². The highest BCUT2D eigenvalue weighted by molar-refractivity contribution is 7.16. The summed E-state index contributed by atoms with van der Waals surface area (Å²) >= 11 is 7.85. The third kappa shape index (κ3) is 3.04. The number of hydrogen-bond acceptors (Lipinski definition) is 5. The second-order valence-corrected chi connectivity index (χ2v) is 7.55. The molecule has 1 N–H and O–H groups in total. The van der Waals surface area contributed by atoms with Gasteiger partial charge in [-0.05, 0) is 24.1 Å². The van der Waals surface area contributed by atoms with Crippen LogP contribution < -0.4 is 10.2 Å². The van der Waals surface area contributed by atoms with E-state index in [1.165, 1.54) is 10.4 Å². The molecule has 0 saturated carbocycles. The standard InChI is InChI=1S/C18H20ClN3OS/c1-12-16-17(24-18(21-16)22-8-10-23-11-9-22)15(6-7-20-12)13-2-4-14(19)5-3-13/h2-5,15,20H,1,6-11H2. The van der Waals surface area contributed by atoms with Crippen molar-refractivity contribution in [3.8, 4) is 0 Å². The number of ether oxygens (including phenoxy) is 1. The van der Waals surface area contributed by atoms with E-state index in [4.69, 9.17) is 21.3 Å². The molecular weight excluding hydrogens is 342 g/mol. The normalized spacial score (nSPS) is 21.1. The Balaban J connectivity index is 1.73. The molecule has 1 aromatic carbocycles. The zero-order chi connectivity index (χ0) is 16.5. The molecule has 0 radical (unpaired) electrons. The fourth-order valence-corrected chi connectivity index (χ4v) is 4.69. The molecule has 1 atom stereocenters. The molecule has 2 aliphatic heterocycles. The lowest BCUT2D eigenvalue weighted by Crippen LogP contribution is -2.36. The van der Waals surface area contributed by atoms with Crippen LogP contribution in [0.2, 0.25) is 5.02 Å². The zero-order valence-corrected chi connectivity index (χ0v) is 15.0. The molecule has 4 nitrogen and oxygen atoms in total. The largest absolute Gasteiger partial charge is 0.384 e. The average Bonchev–Trinajstić information content (AvgIpc) is 2.99. The Morgan fingerprint density at radius 3 is 2.75 bits per heavy atom. The van der Waals surface area contributed by atoms with Crippen molar-refractivity contribution in [3.05, 3.63) is 52.0 Å². The Kier molecular flexibility index (Phi) is 4.48. The fraction of sp³-hybridized carbons (Fsp3) is 0.389. The summed E-state index contributed by atoms with van der Waals surface area (Å²) < 4.78 is 5.46. The van der Waals surface area contributed by atoms with Gasteiger partial charge in [-0.2, -0.15) is 0 Å². The van der Waals surface area contributed by atoms with Gasteiger partial charge in [-0.1, -0.05) is 30.3 Å². The number of benzene rings is 1. The van der Waals surface area contributed by atoms with Gasteiger partial charge in [-0.15, -0.1) is 11.3 Å². The smallest absolute Gasteiger partial charge is 0.186 e. The summed E-state index contributed by atoms with van der Waals surface area (Å²) in [4.78, 5) is 8.52. The van der Waals surface area contributed by atoms with E-state index in [0.717, 1.165) is 60.8 Å². The molecule has 0 aliphatic carbocycles. The zero-order valence-electron chi connectivity index (χ0n) is 13.4. The number of thiazole rings is 1. The second-order valence-electron chi connectivity index (χ2n) is 6.11. The third-order valence-electron chi connectivity index (χ3n) is 4.57. The van der Waals surface area contributed by atoms with Crippen LogP contribution in [0.25, 0.3) is 5.70 Å². The van der Waals surface area contributed by atoms with Gasteiger partial charge in [0.05, 0.1) is 18.9 Å². The average molecular weight is 362 g/mol. The van der Waals surface area contributed by atoms with Crippen LogP contribution in [0.15, 0.2) is 30.8 Å². The van der Waals surface area contributed by atoms with Crippen LogP contribution in [0.5, 0.6) is 0 Å². The lowest BCUT2D eigenvalue weighted by molar-refractivity contribution is 0.122. The van der Waals surface area contributed by atoms with E-state index < -0.39 is 0 Å². The molecule has 126 valence electrons. The van der Waals surface area contributed by atoms with E-state index >= 15 is 0 Å². The predicted molar refractivity (Wildman–Crippen MR) is 100 cm³/mol. The minimum atomic E-state index is 0.330. The molecule has 3 heterocycles. The SMILES string of the molecule is C=C1NCCC(c2ccc(Cl)cc2)c2sc(N3CCOCC3)nc21. The second kappa shape index (κ2) is 6.75. The molecule has 0 amide bonds. The minimum absolute atomic E-state index is 0.330. The fourth-order valence-electron chi connectivity index (χ4n) is 3.26. The van der Waals surface area contributed by atoms with Crippen molar-refractivity contribution in [3.63, 3.8) is 0 Å². The van der Waals surface area contributed by atoms with E-state index in [1.807, 2.05) is 12.1 Å². The van der Waals surface area contributed by atoms with Crippen molar-refractivity contribution in [2.45, 2.75) is 12.3 Å². The van der Waals surface area contributed by atoms with Crippen LogP contribution in [0.1, 0.15) is 28.5 Å². The Morgan fingerprint density at radius 2 is 2.00 bits per heavy atom. The van der Waals surface area contributed by atoms with Crippen LogP contribution in [0.3, 0.4) is 0 Å². The monoisotopic (exact) mass is 361 g/mol. The van der Waals surface area contributed by atoms with Gasteiger partial charge in [0, 0.05) is 35.5 Å². The highest BCUT2D eigenvalue weighted by Gasteiger charge is 2.28. The Labute approximate surface area is 151 Å². The van der Waals surface area contributed by atoms with Gasteiger partial charge in [0.1, 0.15) is 5.69 Å². The molecule has 1 fully saturated rings. The summed E-state index contributed by atoms with van der Waals surface area (Å²) in [6.07, 6.45) is 1.03. The first-order valence-electron chi connectivity index (χ1n) is 8.24. The first kappa shape index (κ1) is 15.9. The summed E-state index contributed by atoms with van der Waals surface area (Å²) in [6.45, 7) is 8.43. The summed E-state index contributed by atoms with van der Waals surface area (Å²) in [5, 5.41) is 5.26. The van der Waals surface area contributed by atoms with E-state index in [1.54, 1.807) is 11.3 Å². The van der Waals surface area contributed by atoms with E-state index in [2.05, 4.69) is 28.9 Å². The molecular formula is C18H20ClN3OS. The number of rotatable bonds is 2. The Hall–Kier alpha value is -1.56. The Morgan fingerprint density at radius 1 is 1.25 bits per heavy atom. The first-order valence-corrected chi connectivity index (χ1v) is 9.44. The van der Waals surface area contributed by atoms with Crippen molar-refractivity contribution in [2.24, 2.45) is 0 Å². The van der Waals surface area contributed by atoms with Crippen molar-refractivity contribution in [1.29, 1.82) is 0 Å². The van der Waals surface area contributed by atoms with Crippen LogP contribution in [0.4, 0.5) is 5.13 Å². The number of aromatic nitrogens is 1. The molecule has 24 heavy (non-hydrogen) atoms. The van der Waals surface area contributed by atoms with Crippen molar-refractivity contribution in [2.75, 3.05) is 37.7 Å². The lowest BCUT2D eigenvalue weighted by Gasteiger charge is -2.26. The van der Waals surface area contributed by atoms with Gasteiger partial charge in [0.25, 0.3) is 0 Å². The molecule has 1 aromatic heterocycles. The van der Waals surface area contributed by atoms with Gasteiger partial charge in [-0.3, -0.25) is 0 Å². The maximum absolute atomic E-state index is 6.06. The third-order valence-corrected chi connectivity index (χ3v) is 6.05. The molecule has 0 bridgehead atoms. The highest BCUT2D eigenvalue weighted by atomic mass is 35.5. The van der Waals surface area contributed by atoms with E-state index in [0.29, 0.717) is 5.92 Å². The molecule has 1 saturated heterocycles. The van der Waals surface area contributed by atoms with Crippen LogP contribution in [0, 0.1) is 0 Å². The maximum atomic E-state index is 6.06. The topological polar surface area (TPSA) is 37.4 Å². The number of morpholine rings is 1. The highest BCUT2D eigenvalue weighted by Crippen LogP contribution is 2.41. The van der Waals surface area contributed by atoms with Gasteiger partial charge < -0.3 is 15.0 Å². The van der Waals surface area contributed by atoms with Crippen LogP contribution in [-0.2, 0) is 4.74 Å². The van der Waals surface area contributed by atoms with Gasteiger partial charge >= 0.3 is 0 Å². The predicted octanol–water partition coefficient (Wildman–Crippen LogP) is 3.73. The minimum Gasteiger partial charge on any atom is -0.384 e. The number of fused-ring (bicyclic) bond motifs is 1. The quantitative estimate of drug-likeness (QED) is 0.884. The summed E-state index contributed by atoms with van der Waals surface area (Å²) in [6, 6.07) is 8.18. The summed E-state index contributed by atoms with van der Waals surface area (Å²) in [7, 11) is 0. The first-order chi connectivity index (χ1) is 11.7. The lowest BCUT2D eigenvalue weighted by atomic mass is 9.94. The molecule has 4 rings (SSSR count). The number of nitrogens with zero attached hydrogens (tertiary/aromatic N) is 2. The van der Waals surface area contributed by atoms with Crippen LogP contribution in [-0.4, -0.2) is 37.8 Å². The van der Waals surface area contributed by atoms with E-state index in [9.17, 15) is 0 Å². The van der Waals surface area contributed by atoms with Crippen LogP contribution >= 0.6 is 22.9 Å². The molecule has 1 unspecified atom stereocenters. The number of hydrogen-bond donors (Lipinski definition) is 1. The molecule has 2 aliphatic rings. The Bertz CT molecular complexity index is 737. The molecule has 2 aromatic rings. The maximum Gasteiger partial charge on any atom is 0.186 e. The number of anilines is 1. The number of nitrogens with one attached hydrogen (secondary N) is 1. The van der Waals surface area contributed by atoms with Crippen molar-refractivity contribution < 1.29 is 4.74 Å². The van der Waals surface area contributed by atoms with Crippen molar-refractivity contribution in [1.82, 2.24) is 10.3 Å². The molecule has 0 spiro atoms. The summed E-state index contributed by atoms with van der Waals surface area (Å²) in [5.74, 6) is 0.330. The number of halogens is 1. The van der Waals surface area contributed by atoms with E-state index in [-0.39, 0.29) is 0 Å². The van der Waals surface area contributed by atoms with Gasteiger partial charge in [0.2, 0.25) is 0 Å². The van der Waals surface area contributed by atoms with Gasteiger partial charge in [0.15, 0.2) is 5.13 Å².